The quantitative estimate of drug-likeness (QED) is 0.618. The maximum Gasteiger partial charge on any atom is 0.408 e. The summed E-state index contributed by atoms with van der Waals surface area (Å²) in [6, 6.07) is 16.1. The van der Waals surface area contributed by atoms with Crippen LogP contribution in [0.1, 0.15) is 31.9 Å². The molecule has 0 saturated carbocycles. The van der Waals surface area contributed by atoms with E-state index in [9.17, 15) is 19.5 Å². The standard InChI is InChI=1S/C23H28N2O5/c1-23(2,3)19(25-22(29)30-15-17-12-8-5-9-13-17)20(26)24-18(21(27)28)14-16-10-6-4-7-11-16/h4-13,18-19H,14-15H2,1-3H3,(H,24,26)(H,25,29)(H,27,28)/t18-,19-/m1/s1. The number of benzene rings is 2. The molecule has 7 heteroatoms. The normalized spacial score (nSPS) is 13.0. The van der Waals surface area contributed by atoms with Crippen molar-refractivity contribution in [2.45, 2.75) is 45.9 Å². The first-order chi connectivity index (χ1) is 14.2. The molecule has 2 rings (SSSR count). The summed E-state index contributed by atoms with van der Waals surface area (Å²) in [5.74, 6) is -1.73. The van der Waals surface area contributed by atoms with Gasteiger partial charge in [-0.1, -0.05) is 81.4 Å². The summed E-state index contributed by atoms with van der Waals surface area (Å²) in [5.41, 5.74) is 0.942. The van der Waals surface area contributed by atoms with Crippen LogP contribution in [0.3, 0.4) is 0 Å². The molecular formula is C23H28N2O5. The third kappa shape index (κ3) is 7.24. The molecule has 3 N–H and O–H groups in total. The van der Waals surface area contributed by atoms with Gasteiger partial charge >= 0.3 is 12.1 Å². The van der Waals surface area contributed by atoms with Crippen LogP contribution in [0.2, 0.25) is 0 Å². The lowest BCUT2D eigenvalue weighted by Gasteiger charge is -2.31. The minimum Gasteiger partial charge on any atom is -0.480 e. The molecule has 0 fully saturated rings. The van der Waals surface area contributed by atoms with Crippen LogP contribution >= 0.6 is 0 Å². The van der Waals surface area contributed by atoms with Crippen molar-refractivity contribution < 1.29 is 24.2 Å². The summed E-state index contributed by atoms with van der Waals surface area (Å²) in [4.78, 5) is 36.8. The summed E-state index contributed by atoms with van der Waals surface area (Å²) in [6.45, 7) is 5.40. The van der Waals surface area contributed by atoms with E-state index in [-0.39, 0.29) is 13.0 Å². The van der Waals surface area contributed by atoms with E-state index in [0.29, 0.717) is 0 Å². The highest BCUT2D eigenvalue weighted by Crippen LogP contribution is 2.20. The Morgan fingerprint density at radius 3 is 1.93 bits per heavy atom. The molecule has 0 aliphatic heterocycles. The molecule has 0 spiro atoms. The molecule has 2 atom stereocenters. The first-order valence-electron chi connectivity index (χ1n) is 9.71. The van der Waals surface area contributed by atoms with Crippen molar-refractivity contribution in [3.8, 4) is 0 Å². The van der Waals surface area contributed by atoms with Gasteiger partial charge in [0.2, 0.25) is 5.91 Å². The number of hydrogen-bond acceptors (Lipinski definition) is 4. The van der Waals surface area contributed by atoms with Crippen LogP contribution in [0.5, 0.6) is 0 Å². The van der Waals surface area contributed by atoms with E-state index in [0.717, 1.165) is 11.1 Å². The zero-order valence-electron chi connectivity index (χ0n) is 17.4. The molecule has 0 bridgehead atoms. The predicted molar refractivity (Wildman–Crippen MR) is 113 cm³/mol. The number of hydrogen-bond donors (Lipinski definition) is 3. The number of ether oxygens (including phenoxy) is 1. The molecule has 0 aliphatic carbocycles. The van der Waals surface area contributed by atoms with Gasteiger partial charge in [0.05, 0.1) is 0 Å². The van der Waals surface area contributed by atoms with Crippen LogP contribution in [0.4, 0.5) is 4.79 Å². The number of rotatable bonds is 8. The summed E-state index contributed by atoms with van der Waals surface area (Å²) < 4.78 is 5.21. The smallest absolute Gasteiger partial charge is 0.408 e. The van der Waals surface area contributed by atoms with Crippen molar-refractivity contribution >= 4 is 18.0 Å². The van der Waals surface area contributed by atoms with Crippen LogP contribution in [0.15, 0.2) is 60.7 Å². The third-order valence-electron chi connectivity index (χ3n) is 4.50. The first kappa shape index (κ1) is 22.9. The summed E-state index contributed by atoms with van der Waals surface area (Å²) in [5, 5.41) is 14.6. The van der Waals surface area contributed by atoms with E-state index in [1.165, 1.54) is 0 Å². The minimum atomic E-state index is -1.15. The maximum atomic E-state index is 12.9. The number of aliphatic carboxylic acids is 1. The van der Waals surface area contributed by atoms with E-state index in [4.69, 9.17) is 4.74 Å². The number of amides is 2. The molecule has 2 aromatic rings. The highest BCUT2D eigenvalue weighted by molar-refractivity contribution is 5.90. The molecule has 30 heavy (non-hydrogen) atoms. The Bertz CT molecular complexity index is 847. The van der Waals surface area contributed by atoms with Gasteiger partial charge in [0.1, 0.15) is 18.7 Å². The summed E-state index contributed by atoms with van der Waals surface area (Å²) in [6.07, 6.45) is -0.610. The molecule has 160 valence electrons. The largest absolute Gasteiger partial charge is 0.480 e. The second-order valence-electron chi connectivity index (χ2n) is 8.09. The molecular weight excluding hydrogens is 384 g/mol. The van der Waals surface area contributed by atoms with E-state index in [1.807, 2.05) is 36.4 Å². The van der Waals surface area contributed by atoms with Crippen LogP contribution in [-0.2, 0) is 27.4 Å². The van der Waals surface area contributed by atoms with Gasteiger partial charge in [0.15, 0.2) is 0 Å². The van der Waals surface area contributed by atoms with Gasteiger partial charge < -0.3 is 20.5 Å². The lowest BCUT2D eigenvalue weighted by Crippen LogP contribution is -2.57. The second-order valence-corrected chi connectivity index (χ2v) is 8.09. The highest BCUT2D eigenvalue weighted by Gasteiger charge is 2.35. The fourth-order valence-electron chi connectivity index (χ4n) is 2.86. The number of carboxylic acid groups (broad SMARTS) is 1. The molecule has 0 radical (unpaired) electrons. The van der Waals surface area contributed by atoms with Gasteiger partial charge in [-0.05, 0) is 16.5 Å². The molecule has 7 nitrogen and oxygen atoms in total. The third-order valence-corrected chi connectivity index (χ3v) is 4.50. The molecule has 2 amide bonds. The van der Waals surface area contributed by atoms with E-state index in [1.54, 1.807) is 45.0 Å². The van der Waals surface area contributed by atoms with E-state index in [2.05, 4.69) is 10.6 Å². The highest BCUT2D eigenvalue weighted by atomic mass is 16.5. The Hall–Kier alpha value is -3.35. The Kier molecular flexibility index (Phi) is 7.98. The summed E-state index contributed by atoms with van der Waals surface area (Å²) >= 11 is 0. The van der Waals surface area contributed by atoms with Crippen molar-refractivity contribution in [2.75, 3.05) is 0 Å². The van der Waals surface area contributed by atoms with Gasteiger partial charge in [0.25, 0.3) is 0 Å². The molecule has 0 heterocycles. The number of nitrogens with one attached hydrogen (secondary N) is 2. The van der Waals surface area contributed by atoms with E-state index >= 15 is 0 Å². The monoisotopic (exact) mass is 412 g/mol. The zero-order chi connectivity index (χ0) is 22.1. The van der Waals surface area contributed by atoms with Crippen LogP contribution in [0, 0.1) is 5.41 Å². The molecule has 0 aliphatic rings. The van der Waals surface area contributed by atoms with Crippen molar-refractivity contribution in [3.05, 3.63) is 71.8 Å². The Morgan fingerprint density at radius 1 is 0.900 bits per heavy atom. The maximum absolute atomic E-state index is 12.9. The fourth-order valence-corrected chi connectivity index (χ4v) is 2.86. The van der Waals surface area contributed by atoms with Crippen molar-refractivity contribution in [1.82, 2.24) is 10.6 Å². The lowest BCUT2D eigenvalue weighted by molar-refractivity contribution is -0.142. The second kappa shape index (κ2) is 10.4. The molecule has 0 aromatic heterocycles. The fraction of sp³-hybridized carbons (Fsp3) is 0.348. The molecule has 0 saturated heterocycles. The first-order valence-corrected chi connectivity index (χ1v) is 9.71. The van der Waals surface area contributed by atoms with Crippen molar-refractivity contribution in [3.63, 3.8) is 0 Å². The predicted octanol–water partition coefficient (Wildman–Crippen LogP) is 3.14. The average Bonchev–Trinajstić information content (AvgIpc) is 2.70. The van der Waals surface area contributed by atoms with Crippen molar-refractivity contribution in [2.24, 2.45) is 5.41 Å². The lowest BCUT2D eigenvalue weighted by atomic mass is 9.86. The topological polar surface area (TPSA) is 105 Å². The Morgan fingerprint density at radius 2 is 1.43 bits per heavy atom. The van der Waals surface area contributed by atoms with Crippen LogP contribution in [-0.4, -0.2) is 35.2 Å². The van der Waals surface area contributed by atoms with Gasteiger partial charge in [-0.15, -0.1) is 0 Å². The van der Waals surface area contributed by atoms with Gasteiger partial charge in [-0.3, -0.25) is 4.79 Å². The minimum absolute atomic E-state index is 0.0664. The Balaban J connectivity index is 2.02. The van der Waals surface area contributed by atoms with Crippen LogP contribution < -0.4 is 10.6 Å². The van der Waals surface area contributed by atoms with Gasteiger partial charge in [0, 0.05) is 6.42 Å². The van der Waals surface area contributed by atoms with Gasteiger partial charge in [-0.2, -0.15) is 0 Å². The average molecular weight is 412 g/mol. The number of alkyl carbamates (subject to hydrolysis) is 1. The van der Waals surface area contributed by atoms with Crippen LogP contribution in [0.25, 0.3) is 0 Å². The Labute approximate surface area is 176 Å². The number of carboxylic acids is 1. The SMILES string of the molecule is CC(C)(C)[C@H](NC(=O)OCc1ccccc1)C(=O)N[C@H](Cc1ccccc1)C(=O)O. The summed E-state index contributed by atoms with van der Waals surface area (Å²) in [7, 11) is 0. The van der Waals surface area contributed by atoms with E-state index < -0.39 is 35.5 Å². The molecule has 2 aromatic carbocycles. The molecule has 0 unspecified atom stereocenters. The van der Waals surface area contributed by atoms with Gasteiger partial charge in [-0.25, -0.2) is 9.59 Å². The number of carbonyl (C=O) groups excluding carboxylic acids is 2. The van der Waals surface area contributed by atoms with Crippen molar-refractivity contribution in [1.29, 1.82) is 0 Å². The number of carbonyl (C=O) groups is 3. The zero-order valence-corrected chi connectivity index (χ0v) is 17.4.